The SMILES string of the molecule is C#CCOC1C[C@H](n2ccc(N)nc2=O)O[C@@H]1CO[Si](C)(C)C(C)(C)C. The van der Waals surface area contributed by atoms with Crippen molar-refractivity contribution < 1.29 is 13.9 Å². The van der Waals surface area contributed by atoms with Crippen molar-refractivity contribution in [3.63, 3.8) is 0 Å². The number of nitrogens with zero attached hydrogens (tertiary/aromatic N) is 2. The van der Waals surface area contributed by atoms with Crippen LogP contribution in [0.5, 0.6) is 0 Å². The van der Waals surface area contributed by atoms with Crippen molar-refractivity contribution in [2.24, 2.45) is 0 Å². The molecule has 0 saturated carbocycles. The van der Waals surface area contributed by atoms with E-state index in [9.17, 15) is 4.79 Å². The summed E-state index contributed by atoms with van der Waals surface area (Å²) in [6, 6.07) is 1.57. The van der Waals surface area contributed by atoms with E-state index in [1.165, 1.54) is 4.57 Å². The second-order valence-corrected chi connectivity index (χ2v) is 12.8. The van der Waals surface area contributed by atoms with Crippen molar-refractivity contribution in [2.45, 2.75) is 63.8 Å². The van der Waals surface area contributed by atoms with E-state index in [0.29, 0.717) is 13.0 Å². The first-order valence-electron chi connectivity index (χ1n) is 8.74. The molecule has 7 nitrogen and oxygen atoms in total. The molecule has 2 N–H and O–H groups in total. The molecule has 2 rings (SSSR count). The van der Waals surface area contributed by atoms with Crippen LogP contribution < -0.4 is 11.4 Å². The highest BCUT2D eigenvalue weighted by Crippen LogP contribution is 2.38. The number of aromatic nitrogens is 2. The first kappa shape index (κ1) is 20.6. The molecule has 0 radical (unpaired) electrons. The summed E-state index contributed by atoms with van der Waals surface area (Å²) in [4.78, 5) is 15.9. The maximum atomic E-state index is 12.1. The molecule has 1 aliphatic heterocycles. The average Bonchev–Trinajstić information content (AvgIpc) is 2.92. The Morgan fingerprint density at radius 2 is 2.19 bits per heavy atom. The number of hydrogen-bond donors (Lipinski definition) is 1. The van der Waals surface area contributed by atoms with E-state index in [1.807, 2.05) is 0 Å². The van der Waals surface area contributed by atoms with Crippen molar-refractivity contribution in [2.75, 3.05) is 18.9 Å². The molecule has 2 heterocycles. The summed E-state index contributed by atoms with van der Waals surface area (Å²) in [5, 5.41) is 0.0952. The Balaban J connectivity index is 2.13. The molecule has 3 atom stereocenters. The van der Waals surface area contributed by atoms with Crippen LogP contribution in [-0.4, -0.2) is 43.3 Å². The lowest BCUT2D eigenvalue weighted by Crippen LogP contribution is -2.44. The van der Waals surface area contributed by atoms with Gasteiger partial charge in [-0.15, -0.1) is 6.42 Å². The van der Waals surface area contributed by atoms with Gasteiger partial charge >= 0.3 is 5.69 Å². The first-order valence-corrected chi connectivity index (χ1v) is 11.6. The summed E-state index contributed by atoms with van der Waals surface area (Å²) >= 11 is 0. The lowest BCUT2D eigenvalue weighted by Gasteiger charge is -2.37. The molecule has 0 spiro atoms. The predicted octanol–water partition coefficient (Wildman–Crippen LogP) is 2.15. The Morgan fingerprint density at radius 1 is 1.50 bits per heavy atom. The normalized spacial score (nSPS) is 23.8. The molecule has 1 aromatic heterocycles. The molecular formula is C18H29N3O4Si. The van der Waals surface area contributed by atoms with Crippen molar-refractivity contribution in [1.29, 1.82) is 0 Å². The molecule has 144 valence electrons. The zero-order chi connectivity index (χ0) is 19.5. The van der Waals surface area contributed by atoms with Gasteiger partial charge in [-0.25, -0.2) is 4.79 Å². The number of terminal acetylenes is 1. The number of nitrogen functional groups attached to an aromatic ring is 1. The van der Waals surface area contributed by atoms with E-state index in [4.69, 9.17) is 26.1 Å². The van der Waals surface area contributed by atoms with Gasteiger partial charge < -0.3 is 19.6 Å². The highest BCUT2D eigenvalue weighted by atomic mass is 28.4. The van der Waals surface area contributed by atoms with Crippen molar-refractivity contribution in [3.05, 3.63) is 22.7 Å². The third kappa shape index (κ3) is 4.74. The molecule has 1 unspecified atom stereocenters. The fourth-order valence-electron chi connectivity index (χ4n) is 2.50. The van der Waals surface area contributed by atoms with Crippen LogP contribution in [0.3, 0.4) is 0 Å². The molecule has 0 bridgehead atoms. The summed E-state index contributed by atoms with van der Waals surface area (Å²) in [7, 11) is -1.93. The number of ether oxygens (including phenoxy) is 2. The second kappa shape index (κ2) is 7.92. The lowest BCUT2D eigenvalue weighted by molar-refractivity contribution is -0.0549. The van der Waals surface area contributed by atoms with Crippen LogP contribution in [0.15, 0.2) is 17.1 Å². The van der Waals surface area contributed by atoms with Crippen LogP contribution in [0, 0.1) is 12.3 Å². The van der Waals surface area contributed by atoms with E-state index in [-0.39, 0.29) is 29.7 Å². The summed E-state index contributed by atoms with van der Waals surface area (Å²) in [6.45, 7) is 11.5. The minimum Gasteiger partial charge on any atom is -0.414 e. The van der Waals surface area contributed by atoms with Crippen molar-refractivity contribution >= 4 is 14.1 Å². The molecule has 0 amide bonds. The summed E-state index contributed by atoms with van der Waals surface area (Å²) < 4.78 is 19.5. The third-order valence-electron chi connectivity index (χ3n) is 5.14. The Morgan fingerprint density at radius 3 is 2.77 bits per heavy atom. The first-order chi connectivity index (χ1) is 12.0. The fourth-order valence-corrected chi connectivity index (χ4v) is 3.52. The van der Waals surface area contributed by atoms with E-state index in [2.05, 4.69) is 44.8 Å². The van der Waals surface area contributed by atoms with E-state index in [0.717, 1.165) is 0 Å². The fraction of sp³-hybridized carbons (Fsp3) is 0.667. The standard InChI is InChI=1S/C18H29N3O4Si/c1-7-10-23-13-11-16(21-9-8-15(19)20-17(21)22)25-14(13)12-24-26(5,6)18(2,3)4/h1,8-9,13-14,16H,10-12H2,2-6H3,(H2,19,20,22)/t13?,14-,16-/m1/s1. The van der Waals surface area contributed by atoms with Crippen molar-refractivity contribution in [3.8, 4) is 12.3 Å². The largest absolute Gasteiger partial charge is 0.414 e. The van der Waals surface area contributed by atoms with Gasteiger partial charge in [0.05, 0.1) is 12.7 Å². The Labute approximate surface area is 156 Å². The van der Waals surface area contributed by atoms with E-state index in [1.54, 1.807) is 12.3 Å². The van der Waals surface area contributed by atoms with Gasteiger partial charge in [0.1, 0.15) is 24.8 Å². The Bertz CT molecular complexity index is 720. The minimum absolute atomic E-state index is 0.0952. The highest BCUT2D eigenvalue weighted by molar-refractivity contribution is 6.74. The van der Waals surface area contributed by atoms with Crippen molar-refractivity contribution in [1.82, 2.24) is 9.55 Å². The monoisotopic (exact) mass is 379 g/mol. The molecule has 1 aromatic rings. The topological polar surface area (TPSA) is 88.6 Å². The van der Waals surface area contributed by atoms with Gasteiger partial charge in [0.15, 0.2) is 8.32 Å². The van der Waals surface area contributed by atoms with Crippen LogP contribution in [0.1, 0.15) is 33.4 Å². The number of hydrogen-bond acceptors (Lipinski definition) is 6. The van der Waals surface area contributed by atoms with E-state index < -0.39 is 20.2 Å². The van der Waals surface area contributed by atoms with Gasteiger partial charge in [-0.2, -0.15) is 4.98 Å². The Kier molecular flexibility index (Phi) is 6.29. The van der Waals surface area contributed by atoms with Gasteiger partial charge in [-0.1, -0.05) is 26.7 Å². The quantitative estimate of drug-likeness (QED) is 0.602. The number of rotatable bonds is 6. The average molecular weight is 380 g/mol. The predicted molar refractivity (Wildman–Crippen MR) is 103 cm³/mol. The smallest absolute Gasteiger partial charge is 0.351 e. The van der Waals surface area contributed by atoms with Crippen LogP contribution in [0.25, 0.3) is 0 Å². The summed E-state index contributed by atoms with van der Waals surface area (Å²) in [5.41, 5.74) is 5.11. The molecule has 8 heteroatoms. The Hall–Kier alpha value is -1.66. The molecule has 1 aliphatic rings. The van der Waals surface area contributed by atoms with Crippen LogP contribution in [-0.2, 0) is 13.9 Å². The van der Waals surface area contributed by atoms with Gasteiger partial charge in [-0.05, 0) is 24.2 Å². The molecule has 1 fully saturated rings. The van der Waals surface area contributed by atoms with Gasteiger partial charge in [0.25, 0.3) is 0 Å². The van der Waals surface area contributed by atoms with Crippen LogP contribution >= 0.6 is 0 Å². The third-order valence-corrected chi connectivity index (χ3v) is 9.64. The zero-order valence-corrected chi connectivity index (χ0v) is 17.2. The van der Waals surface area contributed by atoms with Gasteiger partial charge in [-0.3, -0.25) is 4.57 Å². The molecule has 0 aliphatic carbocycles. The maximum Gasteiger partial charge on any atom is 0.351 e. The minimum atomic E-state index is -1.93. The van der Waals surface area contributed by atoms with Gasteiger partial charge in [0.2, 0.25) is 0 Å². The molecule has 0 aromatic carbocycles. The van der Waals surface area contributed by atoms with E-state index >= 15 is 0 Å². The zero-order valence-electron chi connectivity index (χ0n) is 16.2. The molecule has 1 saturated heterocycles. The van der Waals surface area contributed by atoms with Crippen LogP contribution in [0.2, 0.25) is 18.1 Å². The molecule has 26 heavy (non-hydrogen) atoms. The lowest BCUT2D eigenvalue weighted by atomic mass is 10.2. The highest BCUT2D eigenvalue weighted by Gasteiger charge is 2.42. The number of anilines is 1. The summed E-state index contributed by atoms with van der Waals surface area (Å²) in [6.07, 6.45) is 6.38. The number of nitrogens with two attached hydrogens (primary N) is 1. The maximum absolute atomic E-state index is 12.1. The molecular weight excluding hydrogens is 350 g/mol. The second-order valence-electron chi connectivity index (χ2n) is 8.03. The van der Waals surface area contributed by atoms with Gasteiger partial charge in [0, 0.05) is 12.6 Å². The summed E-state index contributed by atoms with van der Waals surface area (Å²) in [5.74, 6) is 2.66. The van der Waals surface area contributed by atoms with Crippen LogP contribution in [0.4, 0.5) is 5.82 Å².